The van der Waals surface area contributed by atoms with E-state index in [-0.39, 0.29) is 0 Å². The van der Waals surface area contributed by atoms with Gasteiger partial charge in [0.25, 0.3) is 0 Å². The van der Waals surface area contributed by atoms with E-state index in [0.717, 1.165) is 26.2 Å². The average Bonchev–Trinajstić information content (AvgIpc) is 2.96. The van der Waals surface area contributed by atoms with Gasteiger partial charge in [-0.15, -0.1) is 11.3 Å². The highest BCUT2D eigenvalue weighted by molar-refractivity contribution is 7.12. The SMILES string of the molecule is Cc1sc(CN)cc1CN1CCn2ccnc2C1. The molecule has 18 heavy (non-hydrogen) atoms. The molecule has 5 heteroatoms. The highest BCUT2D eigenvalue weighted by Gasteiger charge is 2.17. The number of aryl methyl sites for hydroxylation is 1. The Balaban J connectivity index is 1.72. The van der Waals surface area contributed by atoms with Crippen molar-refractivity contribution in [1.82, 2.24) is 14.5 Å². The zero-order valence-electron chi connectivity index (χ0n) is 10.6. The molecule has 1 aliphatic heterocycles. The number of rotatable bonds is 3. The number of hydrogen-bond acceptors (Lipinski definition) is 4. The predicted molar refractivity (Wildman–Crippen MR) is 73.3 cm³/mol. The number of imidazole rings is 1. The van der Waals surface area contributed by atoms with Crippen molar-refractivity contribution in [1.29, 1.82) is 0 Å². The highest BCUT2D eigenvalue weighted by atomic mass is 32.1. The molecule has 0 radical (unpaired) electrons. The molecule has 2 aromatic rings. The number of nitrogens with two attached hydrogens (primary N) is 1. The normalized spacial score (nSPS) is 15.9. The van der Waals surface area contributed by atoms with Crippen molar-refractivity contribution in [2.24, 2.45) is 5.73 Å². The van der Waals surface area contributed by atoms with E-state index in [9.17, 15) is 0 Å². The van der Waals surface area contributed by atoms with Gasteiger partial charge >= 0.3 is 0 Å². The largest absolute Gasteiger partial charge is 0.333 e. The first kappa shape index (κ1) is 11.9. The van der Waals surface area contributed by atoms with Crippen LogP contribution < -0.4 is 5.73 Å². The molecule has 0 saturated carbocycles. The van der Waals surface area contributed by atoms with E-state index in [1.807, 2.05) is 17.5 Å². The number of fused-ring (bicyclic) bond motifs is 1. The number of aromatic nitrogens is 2. The van der Waals surface area contributed by atoms with Gasteiger partial charge in [-0.25, -0.2) is 4.98 Å². The van der Waals surface area contributed by atoms with Crippen LogP contribution in [0.3, 0.4) is 0 Å². The maximum Gasteiger partial charge on any atom is 0.122 e. The molecular formula is C13H18N4S. The lowest BCUT2D eigenvalue weighted by molar-refractivity contribution is 0.209. The molecule has 2 N–H and O–H groups in total. The summed E-state index contributed by atoms with van der Waals surface area (Å²) >= 11 is 1.82. The second-order valence-electron chi connectivity index (χ2n) is 4.75. The maximum atomic E-state index is 5.70. The fourth-order valence-electron chi connectivity index (χ4n) is 2.44. The number of nitrogens with zero attached hydrogens (tertiary/aromatic N) is 3. The Morgan fingerprint density at radius 3 is 3.11 bits per heavy atom. The van der Waals surface area contributed by atoms with E-state index < -0.39 is 0 Å². The molecule has 0 fully saturated rings. The Morgan fingerprint density at radius 2 is 2.33 bits per heavy atom. The lowest BCUT2D eigenvalue weighted by Crippen LogP contribution is -2.33. The fourth-order valence-corrected chi connectivity index (χ4v) is 3.38. The maximum absolute atomic E-state index is 5.70. The van der Waals surface area contributed by atoms with Crippen molar-refractivity contribution in [2.45, 2.75) is 33.1 Å². The topological polar surface area (TPSA) is 47.1 Å². The molecule has 2 aromatic heterocycles. The average molecular weight is 262 g/mol. The van der Waals surface area contributed by atoms with Crippen LogP contribution in [0.25, 0.3) is 0 Å². The minimum Gasteiger partial charge on any atom is -0.333 e. The summed E-state index contributed by atoms with van der Waals surface area (Å²) in [5.74, 6) is 1.17. The monoisotopic (exact) mass is 262 g/mol. The summed E-state index contributed by atoms with van der Waals surface area (Å²) in [5, 5.41) is 0. The minimum absolute atomic E-state index is 0.649. The van der Waals surface area contributed by atoms with E-state index in [2.05, 4.69) is 33.6 Å². The summed E-state index contributed by atoms with van der Waals surface area (Å²) in [6.07, 6.45) is 3.95. The van der Waals surface area contributed by atoms with E-state index in [0.29, 0.717) is 6.54 Å². The Hall–Kier alpha value is -1.17. The zero-order chi connectivity index (χ0) is 12.5. The summed E-state index contributed by atoms with van der Waals surface area (Å²) in [5.41, 5.74) is 7.12. The third kappa shape index (κ3) is 2.21. The number of thiophene rings is 1. The summed E-state index contributed by atoms with van der Waals surface area (Å²) in [6.45, 7) is 6.92. The summed E-state index contributed by atoms with van der Waals surface area (Å²) in [6, 6.07) is 2.25. The van der Waals surface area contributed by atoms with E-state index >= 15 is 0 Å². The quantitative estimate of drug-likeness (QED) is 0.916. The minimum atomic E-state index is 0.649. The van der Waals surface area contributed by atoms with Crippen molar-refractivity contribution in [3.8, 4) is 0 Å². The molecule has 4 nitrogen and oxygen atoms in total. The van der Waals surface area contributed by atoms with Crippen LogP contribution in [-0.4, -0.2) is 21.0 Å². The van der Waals surface area contributed by atoms with Gasteiger partial charge < -0.3 is 10.3 Å². The highest BCUT2D eigenvalue weighted by Crippen LogP contribution is 2.23. The van der Waals surface area contributed by atoms with Crippen LogP contribution in [-0.2, 0) is 26.2 Å². The van der Waals surface area contributed by atoms with Gasteiger partial charge in [-0.2, -0.15) is 0 Å². The molecule has 0 aliphatic carbocycles. The summed E-state index contributed by atoms with van der Waals surface area (Å²) in [7, 11) is 0. The molecule has 3 heterocycles. The van der Waals surface area contributed by atoms with Crippen LogP contribution in [0.4, 0.5) is 0 Å². The van der Waals surface area contributed by atoms with E-state index in [4.69, 9.17) is 5.73 Å². The summed E-state index contributed by atoms with van der Waals surface area (Å²) < 4.78 is 2.24. The van der Waals surface area contributed by atoms with Gasteiger partial charge in [0, 0.05) is 48.3 Å². The molecule has 0 atom stereocenters. The molecule has 0 amide bonds. The van der Waals surface area contributed by atoms with Crippen LogP contribution in [0.1, 0.15) is 21.1 Å². The van der Waals surface area contributed by atoms with Gasteiger partial charge in [-0.05, 0) is 18.6 Å². The first-order chi connectivity index (χ1) is 8.76. The van der Waals surface area contributed by atoms with Crippen LogP contribution in [0, 0.1) is 6.92 Å². The molecular weight excluding hydrogens is 244 g/mol. The van der Waals surface area contributed by atoms with Crippen LogP contribution in [0.15, 0.2) is 18.5 Å². The van der Waals surface area contributed by atoms with Crippen molar-refractivity contribution in [2.75, 3.05) is 6.54 Å². The van der Waals surface area contributed by atoms with Gasteiger partial charge in [0.1, 0.15) is 5.82 Å². The second-order valence-corrected chi connectivity index (χ2v) is 6.09. The lowest BCUT2D eigenvalue weighted by atomic mass is 10.2. The van der Waals surface area contributed by atoms with Crippen molar-refractivity contribution < 1.29 is 0 Å². The fraction of sp³-hybridized carbons (Fsp3) is 0.462. The van der Waals surface area contributed by atoms with E-state index in [1.165, 1.54) is 21.1 Å². The van der Waals surface area contributed by atoms with Gasteiger partial charge in [-0.1, -0.05) is 0 Å². The molecule has 0 aromatic carbocycles. The molecule has 0 unspecified atom stereocenters. The Morgan fingerprint density at radius 1 is 1.44 bits per heavy atom. The third-order valence-corrected chi connectivity index (χ3v) is 4.61. The smallest absolute Gasteiger partial charge is 0.122 e. The Kier molecular flexibility index (Phi) is 3.20. The predicted octanol–water partition coefficient (Wildman–Crippen LogP) is 1.73. The molecule has 0 saturated heterocycles. The third-order valence-electron chi connectivity index (χ3n) is 3.49. The van der Waals surface area contributed by atoms with Crippen molar-refractivity contribution >= 4 is 11.3 Å². The number of hydrogen-bond donors (Lipinski definition) is 1. The Bertz CT molecular complexity index is 543. The molecule has 0 spiro atoms. The molecule has 0 bridgehead atoms. The van der Waals surface area contributed by atoms with Crippen LogP contribution >= 0.6 is 11.3 Å². The standard InChI is InChI=1S/C13H18N4S/c1-10-11(6-12(7-14)18-10)8-16-4-5-17-3-2-15-13(17)9-16/h2-3,6H,4-5,7-9,14H2,1H3. The molecule has 1 aliphatic rings. The van der Waals surface area contributed by atoms with Crippen molar-refractivity contribution in [3.05, 3.63) is 39.6 Å². The van der Waals surface area contributed by atoms with Gasteiger partial charge in [0.15, 0.2) is 0 Å². The first-order valence-electron chi connectivity index (χ1n) is 6.27. The van der Waals surface area contributed by atoms with Crippen LogP contribution in [0.5, 0.6) is 0 Å². The lowest BCUT2D eigenvalue weighted by Gasteiger charge is -2.27. The van der Waals surface area contributed by atoms with E-state index in [1.54, 1.807) is 0 Å². The summed E-state index contributed by atoms with van der Waals surface area (Å²) in [4.78, 5) is 9.52. The molecule has 96 valence electrons. The first-order valence-corrected chi connectivity index (χ1v) is 7.08. The Labute approximate surface area is 111 Å². The van der Waals surface area contributed by atoms with Gasteiger partial charge in [0.05, 0.1) is 6.54 Å². The zero-order valence-corrected chi connectivity index (χ0v) is 11.4. The van der Waals surface area contributed by atoms with Gasteiger partial charge in [-0.3, -0.25) is 4.90 Å². The van der Waals surface area contributed by atoms with Gasteiger partial charge in [0.2, 0.25) is 0 Å². The molecule has 3 rings (SSSR count). The van der Waals surface area contributed by atoms with Crippen LogP contribution in [0.2, 0.25) is 0 Å². The van der Waals surface area contributed by atoms with Crippen molar-refractivity contribution in [3.63, 3.8) is 0 Å². The second kappa shape index (κ2) is 4.84.